The molecule has 1 N–H and O–H groups in total. The second-order valence-electron chi connectivity index (χ2n) is 7.17. The molecule has 138 valence electrons. The number of fused-ring (bicyclic) bond motifs is 2. The lowest BCUT2D eigenvalue weighted by Crippen LogP contribution is -2.48. The van der Waals surface area contributed by atoms with E-state index < -0.39 is 0 Å². The minimum Gasteiger partial charge on any atom is -0.370 e. The molecule has 0 bridgehead atoms. The number of H-pyrrole nitrogens is 1. The number of piperidine rings is 1. The highest BCUT2D eigenvalue weighted by Crippen LogP contribution is 2.46. The lowest BCUT2D eigenvalue weighted by Gasteiger charge is -2.44. The molecule has 0 aliphatic carbocycles. The van der Waals surface area contributed by atoms with Gasteiger partial charge in [0.05, 0.1) is 12.2 Å². The number of likely N-dealkylation sites (tertiary alicyclic amines) is 1. The molecule has 0 saturated carbocycles. The van der Waals surface area contributed by atoms with Crippen LogP contribution in [0.2, 0.25) is 0 Å². The van der Waals surface area contributed by atoms with Gasteiger partial charge in [0.15, 0.2) is 0 Å². The van der Waals surface area contributed by atoms with Crippen LogP contribution in [-0.2, 0) is 16.8 Å². The van der Waals surface area contributed by atoms with Gasteiger partial charge in [0, 0.05) is 35.5 Å². The second-order valence-corrected chi connectivity index (χ2v) is 8.31. The Morgan fingerprint density at radius 2 is 2.00 bits per heavy atom. The number of carbonyl (C=O) groups excluding carboxylic acids is 1. The Bertz CT molecular complexity index is 941. The maximum atomic E-state index is 12.6. The highest BCUT2D eigenvalue weighted by molar-refractivity contribution is 7.15. The Morgan fingerprint density at radius 3 is 2.74 bits per heavy atom. The Hall–Kier alpha value is -2.44. The first-order valence-electron chi connectivity index (χ1n) is 9.36. The van der Waals surface area contributed by atoms with E-state index in [1.165, 1.54) is 20.9 Å². The number of ether oxygens (including phenoxy) is 1. The summed E-state index contributed by atoms with van der Waals surface area (Å²) >= 11 is 1.89. The first-order chi connectivity index (χ1) is 13.3. The molecular weight excluding hydrogens is 358 g/mol. The van der Waals surface area contributed by atoms with Crippen molar-refractivity contribution in [3.63, 3.8) is 0 Å². The molecule has 0 unspecified atom stereocenters. The van der Waals surface area contributed by atoms with Crippen molar-refractivity contribution >= 4 is 17.2 Å². The Balaban J connectivity index is 1.40. The zero-order valence-corrected chi connectivity index (χ0v) is 15.8. The van der Waals surface area contributed by atoms with Gasteiger partial charge < -0.3 is 9.64 Å². The van der Waals surface area contributed by atoms with Gasteiger partial charge in [0.25, 0.3) is 5.91 Å². The van der Waals surface area contributed by atoms with Crippen LogP contribution in [0.5, 0.6) is 0 Å². The largest absolute Gasteiger partial charge is 0.370 e. The van der Waals surface area contributed by atoms with E-state index in [1.807, 2.05) is 22.3 Å². The highest BCUT2D eigenvalue weighted by Gasteiger charge is 2.43. The van der Waals surface area contributed by atoms with E-state index in [2.05, 4.69) is 40.5 Å². The van der Waals surface area contributed by atoms with Gasteiger partial charge >= 0.3 is 0 Å². The first kappa shape index (κ1) is 16.7. The molecule has 0 atom stereocenters. The molecule has 1 amide bonds. The summed E-state index contributed by atoms with van der Waals surface area (Å²) in [5, 5.41) is 6.66. The van der Waals surface area contributed by atoms with E-state index in [9.17, 15) is 4.79 Å². The van der Waals surface area contributed by atoms with Gasteiger partial charge in [-0.15, -0.1) is 11.3 Å². The number of aromatic nitrogens is 2. The minimum absolute atomic E-state index is 0.0219. The fourth-order valence-corrected chi connectivity index (χ4v) is 5.43. The quantitative estimate of drug-likeness (QED) is 0.736. The molecule has 2 aromatic heterocycles. The van der Waals surface area contributed by atoms with Gasteiger partial charge in [-0.25, -0.2) is 0 Å². The smallest absolute Gasteiger partial charge is 0.271 e. The summed E-state index contributed by atoms with van der Waals surface area (Å²) in [5.74, 6) is 0.0219. The first-order valence-corrected chi connectivity index (χ1v) is 10.2. The predicted octanol–water partition coefficient (Wildman–Crippen LogP) is 3.84. The van der Waals surface area contributed by atoms with E-state index in [4.69, 9.17) is 4.74 Å². The Morgan fingerprint density at radius 1 is 1.19 bits per heavy atom. The molecular formula is C21H21N3O2S. The summed E-state index contributed by atoms with van der Waals surface area (Å²) in [6, 6.07) is 14.6. The fourth-order valence-electron chi connectivity index (χ4n) is 4.19. The third kappa shape index (κ3) is 2.89. The molecule has 1 fully saturated rings. The Labute approximate surface area is 162 Å². The summed E-state index contributed by atoms with van der Waals surface area (Å²) in [6.45, 7) is 2.16. The summed E-state index contributed by atoms with van der Waals surface area (Å²) in [5.41, 5.74) is 2.91. The van der Waals surface area contributed by atoms with Crippen molar-refractivity contribution in [1.82, 2.24) is 15.1 Å². The minimum atomic E-state index is -0.248. The van der Waals surface area contributed by atoms with Crippen LogP contribution < -0.4 is 0 Å². The summed E-state index contributed by atoms with van der Waals surface area (Å²) in [6.07, 6.45) is 4.27. The van der Waals surface area contributed by atoms with Crippen molar-refractivity contribution in [2.75, 3.05) is 19.7 Å². The van der Waals surface area contributed by atoms with Crippen molar-refractivity contribution in [3.05, 3.63) is 64.8 Å². The number of thiophene rings is 1. The van der Waals surface area contributed by atoms with Gasteiger partial charge in [-0.2, -0.15) is 5.10 Å². The number of nitrogens with zero attached hydrogens (tertiary/aromatic N) is 2. The van der Waals surface area contributed by atoms with Crippen LogP contribution in [-0.4, -0.2) is 40.7 Å². The Kier molecular flexibility index (Phi) is 4.10. The van der Waals surface area contributed by atoms with Crippen molar-refractivity contribution in [2.24, 2.45) is 0 Å². The molecule has 5 rings (SSSR count). The average molecular weight is 379 g/mol. The van der Waals surface area contributed by atoms with E-state index >= 15 is 0 Å². The monoisotopic (exact) mass is 379 g/mol. The molecule has 3 aromatic rings. The maximum Gasteiger partial charge on any atom is 0.271 e. The van der Waals surface area contributed by atoms with Crippen LogP contribution in [0.4, 0.5) is 0 Å². The molecule has 2 aliphatic heterocycles. The average Bonchev–Trinajstić information content (AvgIpc) is 3.40. The van der Waals surface area contributed by atoms with Crippen LogP contribution in [0.15, 0.2) is 48.7 Å². The predicted molar refractivity (Wildman–Crippen MR) is 105 cm³/mol. The molecule has 5 nitrogen and oxygen atoms in total. The van der Waals surface area contributed by atoms with Gasteiger partial charge in [0.2, 0.25) is 0 Å². The lowest BCUT2D eigenvalue weighted by molar-refractivity contribution is -0.0926. The second kappa shape index (κ2) is 6.62. The SMILES string of the molecule is O=C(c1ccn[nH]1)N1CCC2(CC1)OCCc1sc(-c3ccccc3)cc12. The molecule has 1 spiro atoms. The van der Waals surface area contributed by atoms with Gasteiger partial charge in [-0.3, -0.25) is 9.89 Å². The van der Waals surface area contributed by atoms with E-state index in [1.54, 1.807) is 12.3 Å². The van der Waals surface area contributed by atoms with E-state index in [-0.39, 0.29) is 11.5 Å². The lowest BCUT2D eigenvalue weighted by atomic mass is 9.82. The van der Waals surface area contributed by atoms with Gasteiger partial charge in [-0.1, -0.05) is 30.3 Å². The number of aromatic amines is 1. The van der Waals surface area contributed by atoms with Crippen molar-refractivity contribution < 1.29 is 9.53 Å². The fraction of sp³-hybridized carbons (Fsp3) is 0.333. The molecule has 4 heterocycles. The number of amides is 1. The van der Waals surface area contributed by atoms with E-state index in [0.717, 1.165) is 25.9 Å². The van der Waals surface area contributed by atoms with Crippen LogP contribution in [0.1, 0.15) is 33.8 Å². The van der Waals surface area contributed by atoms with Crippen molar-refractivity contribution in [1.29, 1.82) is 0 Å². The number of hydrogen-bond donors (Lipinski definition) is 1. The van der Waals surface area contributed by atoms with Crippen molar-refractivity contribution in [2.45, 2.75) is 24.9 Å². The molecule has 1 aromatic carbocycles. The molecule has 6 heteroatoms. The number of rotatable bonds is 2. The molecule has 2 aliphatic rings. The third-order valence-electron chi connectivity index (χ3n) is 5.66. The van der Waals surface area contributed by atoms with E-state index in [0.29, 0.717) is 18.8 Å². The van der Waals surface area contributed by atoms with Crippen molar-refractivity contribution in [3.8, 4) is 10.4 Å². The van der Waals surface area contributed by atoms with Gasteiger partial charge in [-0.05, 0) is 36.1 Å². The zero-order valence-electron chi connectivity index (χ0n) is 15.0. The third-order valence-corrected chi connectivity index (χ3v) is 6.90. The van der Waals surface area contributed by atoms with Crippen LogP contribution in [0, 0.1) is 0 Å². The number of benzene rings is 1. The zero-order chi connectivity index (χ0) is 18.3. The van der Waals surface area contributed by atoms with Crippen LogP contribution in [0.25, 0.3) is 10.4 Å². The maximum absolute atomic E-state index is 12.6. The molecule has 0 radical (unpaired) electrons. The number of nitrogens with one attached hydrogen (secondary N) is 1. The molecule has 1 saturated heterocycles. The standard InChI is InChI=1S/C21H21N3O2S/c25-20(17-6-10-22-23-17)24-11-8-21(9-12-24)16-14-19(15-4-2-1-3-5-15)27-18(16)7-13-26-21/h1-6,10,14H,7-9,11-13H2,(H,22,23). The highest BCUT2D eigenvalue weighted by atomic mass is 32.1. The number of hydrogen-bond acceptors (Lipinski definition) is 4. The van der Waals surface area contributed by atoms with Gasteiger partial charge in [0.1, 0.15) is 5.69 Å². The topological polar surface area (TPSA) is 58.2 Å². The summed E-state index contributed by atoms with van der Waals surface area (Å²) in [4.78, 5) is 17.2. The molecule has 27 heavy (non-hydrogen) atoms. The van der Waals surface area contributed by atoms with Crippen LogP contribution in [0.3, 0.4) is 0 Å². The summed E-state index contributed by atoms with van der Waals surface area (Å²) in [7, 11) is 0. The van der Waals surface area contributed by atoms with Crippen LogP contribution >= 0.6 is 11.3 Å². The normalized spacial score (nSPS) is 18.4. The number of carbonyl (C=O) groups is 1. The summed E-state index contributed by atoms with van der Waals surface area (Å²) < 4.78 is 6.35.